The first-order valence-corrected chi connectivity index (χ1v) is 14.2. The Bertz CT molecular complexity index is 1050. The highest BCUT2D eigenvalue weighted by Crippen LogP contribution is 2.33. The maximum Gasteiger partial charge on any atom is 0.124 e. The van der Waals surface area contributed by atoms with E-state index in [9.17, 15) is 8.78 Å². The Morgan fingerprint density at radius 2 is 0.692 bits per heavy atom. The summed E-state index contributed by atoms with van der Waals surface area (Å²) in [6, 6.07) is 10.2. The molecule has 0 saturated heterocycles. The first kappa shape index (κ1) is 35.1. The quantitative estimate of drug-likeness (QED) is 0.249. The molecule has 0 aliphatic carbocycles. The van der Waals surface area contributed by atoms with E-state index in [1.54, 1.807) is 12.1 Å². The molecule has 0 nitrogen and oxygen atoms in total. The molecule has 3 aromatic rings. The molecule has 0 N–H and O–H groups in total. The van der Waals surface area contributed by atoms with Gasteiger partial charge in [0.05, 0.1) is 0 Å². The highest BCUT2D eigenvalue weighted by molar-refractivity contribution is 6.31. The van der Waals surface area contributed by atoms with Crippen LogP contribution >= 0.6 is 23.2 Å². The average Bonchev–Trinajstić information content (AvgIpc) is 2.62. The summed E-state index contributed by atoms with van der Waals surface area (Å²) in [5.74, 6) is -0.404. The first-order valence-electron chi connectivity index (χ1n) is 13.5. The number of halogens is 4. The fourth-order valence-corrected chi connectivity index (χ4v) is 6.70. The fourth-order valence-electron chi connectivity index (χ4n) is 5.84. The molecular weight excluding hydrogens is 529 g/mol. The Morgan fingerprint density at radius 3 is 0.974 bits per heavy atom. The summed E-state index contributed by atoms with van der Waals surface area (Å²) in [6.45, 7) is 29.4. The van der Waals surface area contributed by atoms with Crippen molar-refractivity contribution in [1.29, 1.82) is 0 Å². The van der Waals surface area contributed by atoms with Crippen molar-refractivity contribution in [1.82, 2.24) is 0 Å². The van der Waals surface area contributed by atoms with Crippen molar-refractivity contribution >= 4 is 23.2 Å². The number of hydrogen-bond donors (Lipinski definition) is 0. The molecule has 0 fully saturated rings. The molecule has 0 saturated carbocycles. The van der Waals surface area contributed by atoms with Crippen LogP contribution in [0.25, 0.3) is 0 Å². The second-order valence-corrected chi connectivity index (χ2v) is 14.5. The van der Waals surface area contributed by atoms with Crippen LogP contribution in [0.4, 0.5) is 8.78 Å². The van der Waals surface area contributed by atoms with Gasteiger partial charge in [0.15, 0.2) is 0 Å². The van der Waals surface area contributed by atoms with Crippen LogP contribution in [0.2, 0.25) is 10.0 Å². The van der Waals surface area contributed by atoms with Crippen LogP contribution in [-0.2, 0) is 16.2 Å². The molecule has 0 bridgehead atoms. The molecule has 4 heteroatoms. The summed E-state index contributed by atoms with van der Waals surface area (Å²) < 4.78 is 25.9. The third kappa shape index (κ3) is 10.2. The Kier molecular flexibility index (Phi) is 11.9. The van der Waals surface area contributed by atoms with E-state index >= 15 is 0 Å². The van der Waals surface area contributed by atoms with E-state index in [1.165, 1.54) is 34.4 Å². The maximum atomic E-state index is 13.0. The molecule has 39 heavy (non-hydrogen) atoms. The number of hydrogen-bond acceptors (Lipinski definition) is 0. The number of aryl methyl sites for hydroxylation is 5. The molecule has 0 radical (unpaired) electrons. The molecule has 3 aromatic carbocycles. The van der Waals surface area contributed by atoms with Crippen molar-refractivity contribution in [2.45, 2.75) is 113 Å². The topological polar surface area (TPSA) is 0 Å². The highest BCUT2D eigenvalue weighted by atomic mass is 35.5. The van der Waals surface area contributed by atoms with E-state index in [0.29, 0.717) is 5.02 Å². The zero-order valence-electron chi connectivity index (χ0n) is 26.5. The minimum absolute atomic E-state index is 0.0329. The lowest BCUT2D eigenvalue weighted by Gasteiger charge is -2.24. The van der Waals surface area contributed by atoms with Crippen LogP contribution < -0.4 is 0 Å². The molecule has 0 heterocycles. The molecule has 0 aromatic heterocycles. The molecule has 0 unspecified atom stereocenters. The van der Waals surface area contributed by atoms with Gasteiger partial charge in [0.2, 0.25) is 0 Å². The second kappa shape index (κ2) is 13.2. The molecule has 0 atom stereocenters. The van der Waals surface area contributed by atoms with Crippen molar-refractivity contribution in [3.63, 3.8) is 0 Å². The molecular formula is C35H48Cl2F2. The Labute approximate surface area is 247 Å². The van der Waals surface area contributed by atoms with Gasteiger partial charge in [-0.1, -0.05) is 85.5 Å². The van der Waals surface area contributed by atoms with Crippen LogP contribution in [0.1, 0.15) is 107 Å². The summed E-state index contributed by atoms with van der Waals surface area (Å²) in [6.07, 6.45) is 0. The smallest absolute Gasteiger partial charge is 0.124 e. The summed E-state index contributed by atoms with van der Waals surface area (Å²) in [5, 5.41) is 1.35. The van der Waals surface area contributed by atoms with Gasteiger partial charge in [0, 0.05) is 10.0 Å². The first-order chi connectivity index (χ1) is 17.5. The van der Waals surface area contributed by atoms with E-state index in [1.807, 2.05) is 32.9 Å². The van der Waals surface area contributed by atoms with Gasteiger partial charge >= 0.3 is 0 Å². The van der Waals surface area contributed by atoms with Gasteiger partial charge in [0.25, 0.3) is 0 Å². The third-order valence-corrected chi connectivity index (χ3v) is 7.01. The molecule has 3 rings (SSSR count). The molecule has 216 valence electrons. The predicted molar refractivity (Wildman–Crippen MR) is 169 cm³/mol. The monoisotopic (exact) mass is 576 g/mol. The van der Waals surface area contributed by atoms with Crippen molar-refractivity contribution in [3.8, 4) is 0 Å². The molecule has 0 amide bonds. The van der Waals surface area contributed by atoms with E-state index in [-0.39, 0.29) is 27.9 Å². The van der Waals surface area contributed by atoms with Crippen molar-refractivity contribution < 1.29 is 8.78 Å². The van der Waals surface area contributed by atoms with Gasteiger partial charge in [-0.3, -0.25) is 0 Å². The van der Waals surface area contributed by atoms with Crippen molar-refractivity contribution in [2.24, 2.45) is 0 Å². The van der Waals surface area contributed by atoms with E-state index in [0.717, 1.165) is 27.3 Å². The molecule has 0 aliphatic heterocycles. The third-order valence-electron chi connectivity index (χ3n) is 6.50. The summed E-state index contributed by atoms with van der Waals surface area (Å²) in [5.41, 5.74) is 9.55. The normalized spacial score (nSPS) is 11.8. The summed E-state index contributed by atoms with van der Waals surface area (Å²) >= 11 is 12.0. The van der Waals surface area contributed by atoms with Crippen molar-refractivity contribution in [3.05, 3.63) is 103 Å². The van der Waals surface area contributed by atoms with Crippen LogP contribution in [0, 0.1) is 46.3 Å². The van der Waals surface area contributed by atoms with E-state index in [2.05, 4.69) is 76.2 Å². The maximum absolute atomic E-state index is 13.0. The fraction of sp³-hybridized carbons (Fsp3) is 0.486. The SMILES string of the molecule is Cc1cc(Cl)cc(C)c1C(C)(C)C.Cc1cc(F)cc(C)c1C(C)(C)C.Cc1cc(F)cc(Cl)c1C(C)(C)C. The zero-order valence-corrected chi connectivity index (χ0v) is 28.0. The second-order valence-electron chi connectivity index (χ2n) is 13.7. The molecule has 0 aliphatic rings. The Hall–Kier alpha value is -1.90. The number of benzene rings is 3. The Balaban J connectivity index is 0.000000292. The summed E-state index contributed by atoms with van der Waals surface area (Å²) in [4.78, 5) is 0. The average molecular weight is 578 g/mol. The summed E-state index contributed by atoms with van der Waals surface area (Å²) in [7, 11) is 0. The lowest BCUT2D eigenvalue weighted by atomic mass is 9.81. The lowest BCUT2D eigenvalue weighted by Crippen LogP contribution is -2.15. The largest absolute Gasteiger partial charge is 0.207 e. The van der Waals surface area contributed by atoms with Crippen LogP contribution in [-0.4, -0.2) is 0 Å². The highest BCUT2D eigenvalue weighted by Gasteiger charge is 2.21. The van der Waals surface area contributed by atoms with Gasteiger partial charge in [-0.05, 0) is 132 Å². The lowest BCUT2D eigenvalue weighted by molar-refractivity contribution is 0.573. The molecule has 0 spiro atoms. The van der Waals surface area contributed by atoms with Gasteiger partial charge in [-0.2, -0.15) is 0 Å². The van der Waals surface area contributed by atoms with Crippen molar-refractivity contribution in [2.75, 3.05) is 0 Å². The minimum atomic E-state index is -0.268. The number of rotatable bonds is 0. The zero-order chi connectivity index (χ0) is 30.7. The minimum Gasteiger partial charge on any atom is -0.207 e. The van der Waals surface area contributed by atoms with Gasteiger partial charge in [-0.25, -0.2) is 8.78 Å². The predicted octanol–water partition coefficient (Wildman–Crippen LogP) is 12.1. The van der Waals surface area contributed by atoms with Crippen LogP contribution in [0.15, 0.2) is 36.4 Å². The van der Waals surface area contributed by atoms with Gasteiger partial charge in [0.1, 0.15) is 11.6 Å². The van der Waals surface area contributed by atoms with E-state index in [4.69, 9.17) is 23.2 Å². The van der Waals surface area contributed by atoms with Gasteiger partial charge < -0.3 is 0 Å². The Morgan fingerprint density at radius 1 is 0.436 bits per heavy atom. The standard InChI is InChI=1S/C12H17Cl.C12H17F.C11H14ClF/c2*1-8-6-10(13)7-9(2)11(8)12(3,4)5;1-7-5-8(13)6-9(12)10(7)11(2,3)4/h2*6-7H,1-5H3;5-6H,1-4H3. The van der Waals surface area contributed by atoms with E-state index < -0.39 is 0 Å². The van der Waals surface area contributed by atoms with Crippen LogP contribution in [0.3, 0.4) is 0 Å². The van der Waals surface area contributed by atoms with Crippen LogP contribution in [0.5, 0.6) is 0 Å². The van der Waals surface area contributed by atoms with Gasteiger partial charge in [-0.15, -0.1) is 0 Å².